The van der Waals surface area contributed by atoms with Gasteiger partial charge in [-0.1, -0.05) is 25.6 Å². The van der Waals surface area contributed by atoms with Crippen LogP contribution in [0.4, 0.5) is 0 Å². The molecule has 2 heterocycles. The molecule has 1 aromatic heterocycles. The van der Waals surface area contributed by atoms with Crippen LogP contribution in [0.3, 0.4) is 0 Å². The van der Waals surface area contributed by atoms with Crippen molar-refractivity contribution in [1.82, 2.24) is 4.98 Å². The van der Waals surface area contributed by atoms with Gasteiger partial charge in [0.2, 0.25) is 0 Å². The lowest BCUT2D eigenvalue weighted by molar-refractivity contribution is 0.101. The van der Waals surface area contributed by atoms with Gasteiger partial charge in [0.05, 0.1) is 6.10 Å². The minimum atomic E-state index is -0.0133. The fourth-order valence-electron chi connectivity index (χ4n) is 1.70. The van der Waals surface area contributed by atoms with Crippen molar-refractivity contribution >= 4 is 11.9 Å². The fourth-order valence-corrected chi connectivity index (χ4v) is 1.70. The van der Waals surface area contributed by atoms with Crippen molar-refractivity contribution in [3.05, 3.63) is 36.2 Å². The van der Waals surface area contributed by atoms with Gasteiger partial charge in [0.1, 0.15) is 5.69 Å². The lowest BCUT2D eigenvalue weighted by atomic mass is 10.2. The zero-order valence-electron chi connectivity index (χ0n) is 11.2. The molecule has 18 heavy (non-hydrogen) atoms. The zero-order chi connectivity index (χ0) is 13.4. The monoisotopic (exact) mass is 249 g/mol. The van der Waals surface area contributed by atoms with Gasteiger partial charge in [-0.15, -0.1) is 0 Å². The van der Waals surface area contributed by atoms with E-state index in [1.807, 2.05) is 6.07 Å². The summed E-state index contributed by atoms with van der Waals surface area (Å²) in [7, 11) is 0. The molecule has 1 atom stereocenters. The van der Waals surface area contributed by atoms with E-state index in [-0.39, 0.29) is 7.21 Å². The quantitative estimate of drug-likeness (QED) is 0.766. The molecule has 0 aromatic carbocycles. The number of rotatable bonds is 3. The van der Waals surface area contributed by atoms with Crippen LogP contribution >= 0.6 is 0 Å². The van der Waals surface area contributed by atoms with Gasteiger partial charge in [-0.3, -0.25) is 9.78 Å². The Kier molecular flexibility index (Phi) is 6.29. The Bertz CT molecular complexity index is 384. The Morgan fingerprint density at radius 2 is 2.44 bits per heavy atom. The number of ether oxygens (including phenoxy) is 1. The highest BCUT2D eigenvalue weighted by Gasteiger charge is 2.11. The summed E-state index contributed by atoms with van der Waals surface area (Å²) in [6.07, 6.45) is 7.68. The summed E-state index contributed by atoms with van der Waals surface area (Å²) >= 11 is 0. The van der Waals surface area contributed by atoms with Crippen LogP contribution in [0.25, 0.3) is 6.08 Å². The number of ketones is 1. The predicted octanol–water partition coefficient (Wildman–Crippen LogP) is 3.75. The van der Waals surface area contributed by atoms with Crippen molar-refractivity contribution in [2.75, 3.05) is 6.61 Å². The van der Waals surface area contributed by atoms with Gasteiger partial charge >= 0.3 is 0 Å². The highest BCUT2D eigenvalue weighted by atomic mass is 16.5. The highest BCUT2D eigenvalue weighted by Crippen LogP contribution is 2.13. The first-order chi connectivity index (χ1) is 8.67. The van der Waals surface area contributed by atoms with Gasteiger partial charge in [0.25, 0.3) is 0 Å². The van der Waals surface area contributed by atoms with Crippen LogP contribution in [0, 0.1) is 0 Å². The fraction of sp³-hybridized carbons (Fsp3) is 0.467. The second-order valence-electron chi connectivity index (χ2n) is 4.28. The number of nitrogens with zero attached hydrogens (tertiary/aromatic N) is 1. The van der Waals surface area contributed by atoms with Crippen LogP contribution in [-0.2, 0) is 4.74 Å². The van der Waals surface area contributed by atoms with Crippen molar-refractivity contribution in [2.45, 2.75) is 39.2 Å². The summed E-state index contributed by atoms with van der Waals surface area (Å²) in [5, 5.41) is 0. The maximum absolute atomic E-state index is 10.8. The van der Waals surface area contributed by atoms with E-state index < -0.39 is 0 Å². The van der Waals surface area contributed by atoms with Crippen molar-refractivity contribution < 1.29 is 11.0 Å². The number of aromatic nitrogens is 1. The Morgan fingerprint density at radius 1 is 1.67 bits per heavy atom. The summed E-state index contributed by atoms with van der Waals surface area (Å²) < 4.78 is 5.30. The standard InChI is InChI=1S/C9H9NO.C6H12O.H2/c1-3-8-4-5-9(7(2)11)10-6-8;1-2-6-4-3-5-7-6;/h3-6H,1H2,2H3;6H,2-5H2,1H3;1H/t;6-;/m.1./s1. The van der Waals surface area contributed by atoms with Crippen LogP contribution in [0.2, 0.25) is 0 Å². The Morgan fingerprint density at radius 3 is 2.78 bits per heavy atom. The van der Waals surface area contributed by atoms with Crippen LogP contribution in [0.5, 0.6) is 0 Å². The Hall–Kier alpha value is -1.48. The number of carbonyl (C=O) groups is 1. The second-order valence-corrected chi connectivity index (χ2v) is 4.28. The smallest absolute Gasteiger partial charge is 0.178 e. The topological polar surface area (TPSA) is 39.2 Å². The first-order valence-electron chi connectivity index (χ1n) is 6.38. The summed E-state index contributed by atoms with van der Waals surface area (Å²) in [6.45, 7) is 8.25. The summed E-state index contributed by atoms with van der Waals surface area (Å²) in [4.78, 5) is 14.7. The van der Waals surface area contributed by atoms with E-state index in [0.29, 0.717) is 11.8 Å². The first-order valence-corrected chi connectivity index (χ1v) is 6.38. The number of pyridine rings is 1. The molecule has 0 unspecified atom stereocenters. The molecule has 1 aromatic rings. The first kappa shape index (κ1) is 14.6. The average Bonchev–Trinajstić information content (AvgIpc) is 2.92. The number of hydrogen-bond acceptors (Lipinski definition) is 3. The van der Waals surface area contributed by atoms with Crippen LogP contribution < -0.4 is 0 Å². The van der Waals surface area contributed by atoms with Crippen molar-refractivity contribution in [1.29, 1.82) is 0 Å². The summed E-state index contributed by atoms with van der Waals surface area (Å²) in [5.74, 6) is -0.0133. The third kappa shape index (κ3) is 4.80. The molecule has 3 nitrogen and oxygen atoms in total. The number of Topliss-reactive ketones (excluding diaryl/α,β-unsaturated/α-hetero) is 1. The molecule has 100 valence electrons. The molecule has 0 spiro atoms. The molecule has 1 saturated heterocycles. The maximum atomic E-state index is 10.8. The maximum Gasteiger partial charge on any atom is 0.178 e. The lowest BCUT2D eigenvalue weighted by Crippen LogP contribution is -2.00. The summed E-state index contributed by atoms with van der Waals surface area (Å²) in [5.41, 5.74) is 1.42. The van der Waals surface area contributed by atoms with Gasteiger partial charge in [-0.05, 0) is 30.9 Å². The normalized spacial score (nSPS) is 17.8. The largest absolute Gasteiger partial charge is 0.378 e. The van der Waals surface area contributed by atoms with Crippen molar-refractivity contribution in [2.24, 2.45) is 0 Å². The molecule has 1 fully saturated rings. The minimum absolute atomic E-state index is 0. The minimum Gasteiger partial charge on any atom is -0.378 e. The van der Waals surface area contributed by atoms with Crippen LogP contribution in [0.1, 0.15) is 50.6 Å². The molecule has 0 aliphatic carbocycles. The van der Waals surface area contributed by atoms with Crippen LogP contribution in [0.15, 0.2) is 24.9 Å². The lowest BCUT2D eigenvalue weighted by Gasteiger charge is -2.01. The predicted molar refractivity (Wildman–Crippen MR) is 75.7 cm³/mol. The number of hydrogen-bond donors (Lipinski definition) is 0. The molecule has 0 amide bonds. The van der Waals surface area contributed by atoms with Gasteiger partial charge in [0, 0.05) is 21.2 Å². The van der Waals surface area contributed by atoms with Gasteiger partial charge in [-0.2, -0.15) is 0 Å². The number of carbonyl (C=O) groups excluding carboxylic acids is 1. The van der Waals surface area contributed by atoms with Gasteiger partial charge in [0.15, 0.2) is 5.78 Å². The molecular weight excluding hydrogens is 226 g/mol. The summed E-state index contributed by atoms with van der Waals surface area (Å²) in [6, 6.07) is 3.51. The third-order valence-electron chi connectivity index (χ3n) is 2.86. The van der Waals surface area contributed by atoms with Gasteiger partial charge in [-0.25, -0.2) is 0 Å². The van der Waals surface area contributed by atoms with E-state index in [9.17, 15) is 4.79 Å². The molecule has 3 heteroatoms. The molecule has 1 aliphatic rings. The van der Waals surface area contributed by atoms with Crippen molar-refractivity contribution in [3.8, 4) is 0 Å². The molecule has 0 bridgehead atoms. The van der Waals surface area contributed by atoms with E-state index in [2.05, 4.69) is 18.5 Å². The van der Waals surface area contributed by atoms with E-state index >= 15 is 0 Å². The molecule has 0 radical (unpaired) electrons. The zero-order valence-corrected chi connectivity index (χ0v) is 11.2. The molecular formula is C15H23NO2. The average molecular weight is 249 g/mol. The molecule has 1 aliphatic heterocycles. The molecule has 0 N–H and O–H groups in total. The van der Waals surface area contributed by atoms with Crippen molar-refractivity contribution in [3.63, 3.8) is 0 Å². The van der Waals surface area contributed by atoms with E-state index in [1.54, 1.807) is 18.3 Å². The Balaban J connectivity index is 0.000000352. The third-order valence-corrected chi connectivity index (χ3v) is 2.86. The highest BCUT2D eigenvalue weighted by molar-refractivity contribution is 5.92. The van der Waals surface area contributed by atoms with Crippen LogP contribution in [-0.4, -0.2) is 23.5 Å². The Labute approximate surface area is 110 Å². The van der Waals surface area contributed by atoms with E-state index in [4.69, 9.17) is 4.74 Å². The molecule has 0 saturated carbocycles. The van der Waals surface area contributed by atoms with E-state index in [1.165, 1.54) is 26.2 Å². The SMILES string of the molecule is C=Cc1ccc(C(C)=O)nc1.CC[C@@H]1CCCO1.[HH]. The van der Waals surface area contributed by atoms with Gasteiger partial charge < -0.3 is 4.74 Å². The second kappa shape index (κ2) is 7.77. The van der Waals surface area contributed by atoms with E-state index in [0.717, 1.165) is 12.2 Å². The molecule has 2 rings (SSSR count).